The minimum absolute atomic E-state index is 0.0810. The molecule has 2 unspecified atom stereocenters. The van der Waals surface area contributed by atoms with Gasteiger partial charge < -0.3 is 4.90 Å². The molecule has 0 amide bonds. The average molecular weight is 552 g/mol. The molecule has 7 aromatic carbocycles. The molecule has 206 valence electrons. The maximum atomic E-state index is 2.62. The zero-order valence-corrected chi connectivity index (χ0v) is 24.6. The summed E-state index contributed by atoms with van der Waals surface area (Å²) in [5, 5.41) is 7.80. The van der Waals surface area contributed by atoms with Gasteiger partial charge in [-0.05, 0) is 104 Å². The van der Waals surface area contributed by atoms with E-state index in [0.717, 1.165) is 0 Å². The van der Waals surface area contributed by atoms with Crippen molar-refractivity contribution in [2.45, 2.75) is 37.6 Å². The van der Waals surface area contributed by atoms with E-state index in [0.29, 0.717) is 0 Å². The Bertz CT molecular complexity index is 2170. The maximum Gasteiger partial charge on any atom is 0.0518 e. The number of fused-ring (bicyclic) bond motifs is 6. The second-order valence-electron chi connectivity index (χ2n) is 12.9. The molecule has 1 aliphatic carbocycles. The molecule has 2 atom stereocenters. The zero-order chi connectivity index (χ0) is 28.8. The quantitative estimate of drug-likeness (QED) is 0.197. The summed E-state index contributed by atoms with van der Waals surface area (Å²) < 4.78 is 0. The summed E-state index contributed by atoms with van der Waals surface area (Å²) in [5.74, 6) is 0. The first-order chi connectivity index (χ1) is 21.1. The summed E-state index contributed by atoms with van der Waals surface area (Å²) in [5.41, 5.74) is 9.58. The molecule has 1 heteroatoms. The van der Waals surface area contributed by atoms with Crippen molar-refractivity contribution >= 4 is 43.7 Å². The van der Waals surface area contributed by atoms with E-state index in [1.165, 1.54) is 84.4 Å². The lowest BCUT2D eigenvalue weighted by Crippen LogP contribution is -2.60. The van der Waals surface area contributed by atoms with E-state index >= 15 is 0 Å². The van der Waals surface area contributed by atoms with Gasteiger partial charge in [-0.1, -0.05) is 122 Å². The first kappa shape index (κ1) is 24.7. The van der Waals surface area contributed by atoms with Crippen molar-refractivity contribution < 1.29 is 0 Å². The number of para-hydroxylation sites is 1. The van der Waals surface area contributed by atoms with Gasteiger partial charge in [0.2, 0.25) is 0 Å². The lowest BCUT2D eigenvalue weighted by molar-refractivity contribution is 0.133. The summed E-state index contributed by atoms with van der Waals surface area (Å²) in [6.45, 7) is 4.95. The molecule has 1 aliphatic heterocycles. The van der Waals surface area contributed by atoms with Crippen LogP contribution < -0.4 is 4.90 Å². The van der Waals surface area contributed by atoms with Crippen LogP contribution in [0.15, 0.2) is 140 Å². The van der Waals surface area contributed by atoms with Gasteiger partial charge in [0.1, 0.15) is 0 Å². The zero-order valence-electron chi connectivity index (χ0n) is 24.6. The van der Waals surface area contributed by atoms with E-state index in [1.807, 2.05) is 0 Å². The van der Waals surface area contributed by atoms with Gasteiger partial charge >= 0.3 is 0 Å². The highest BCUT2D eigenvalue weighted by molar-refractivity contribution is 6.23. The van der Waals surface area contributed by atoms with Crippen LogP contribution in [0.4, 0.5) is 11.4 Å². The molecule has 7 aromatic rings. The third-order valence-electron chi connectivity index (χ3n) is 10.9. The standard InChI is InChI=1S/C42H33N/c1-41-25-26-42(41,2)43(30-15-4-3-5-16-30)38-24-23-29(27-37(38)41)39-33-18-8-10-20-35(33)40(36-21-11-9-19-34(36)39)32-22-12-14-28-13-6-7-17-31(28)32/h3-24,27H,25-26H2,1-2H3. The van der Waals surface area contributed by atoms with Gasteiger partial charge in [-0.3, -0.25) is 0 Å². The highest BCUT2D eigenvalue weighted by Gasteiger charge is 2.63. The molecule has 2 aliphatic rings. The van der Waals surface area contributed by atoms with Crippen LogP contribution in [0.5, 0.6) is 0 Å². The molecule has 0 saturated heterocycles. The number of hydrogen-bond acceptors (Lipinski definition) is 1. The molecule has 1 heterocycles. The van der Waals surface area contributed by atoms with Crippen molar-refractivity contribution in [3.63, 3.8) is 0 Å². The van der Waals surface area contributed by atoms with Gasteiger partial charge in [0, 0.05) is 16.8 Å². The van der Waals surface area contributed by atoms with E-state index in [9.17, 15) is 0 Å². The van der Waals surface area contributed by atoms with Crippen molar-refractivity contribution in [2.24, 2.45) is 0 Å². The van der Waals surface area contributed by atoms with Gasteiger partial charge in [0.15, 0.2) is 0 Å². The Labute approximate surface area is 253 Å². The normalized spacial score (nSPS) is 20.7. The number of nitrogens with zero attached hydrogens (tertiary/aromatic N) is 1. The van der Waals surface area contributed by atoms with Crippen LogP contribution in [0.2, 0.25) is 0 Å². The number of rotatable bonds is 3. The Balaban J connectivity index is 1.33. The predicted octanol–water partition coefficient (Wildman–Crippen LogP) is 11.4. The highest BCUT2D eigenvalue weighted by Crippen LogP contribution is 2.65. The van der Waals surface area contributed by atoms with Crippen molar-refractivity contribution in [1.82, 2.24) is 0 Å². The van der Waals surface area contributed by atoms with Crippen LogP contribution in [-0.4, -0.2) is 5.54 Å². The van der Waals surface area contributed by atoms with Crippen LogP contribution in [-0.2, 0) is 5.41 Å². The molecule has 0 bridgehead atoms. The Morgan fingerprint density at radius 1 is 0.512 bits per heavy atom. The van der Waals surface area contributed by atoms with Crippen molar-refractivity contribution in [2.75, 3.05) is 4.90 Å². The molecule has 0 N–H and O–H groups in total. The van der Waals surface area contributed by atoms with E-state index < -0.39 is 0 Å². The Hall–Kier alpha value is -4.88. The lowest BCUT2D eigenvalue weighted by Gasteiger charge is -2.56. The summed E-state index contributed by atoms with van der Waals surface area (Å²) in [6.07, 6.45) is 2.42. The molecule has 1 fully saturated rings. The summed E-state index contributed by atoms with van der Waals surface area (Å²) in [7, 11) is 0. The fourth-order valence-corrected chi connectivity index (χ4v) is 8.41. The van der Waals surface area contributed by atoms with Gasteiger partial charge in [0.25, 0.3) is 0 Å². The first-order valence-electron chi connectivity index (χ1n) is 15.5. The Kier molecular flexibility index (Phi) is 5.06. The molecule has 9 rings (SSSR count). The van der Waals surface area contributed by atoms with E-state index in [-0.39, 0.29) is 11.0 Å². The van der Waals surface area contributed by atoms with Crippen LogP contribution >= 0.6 is 0 Å². The summed E-state index contributed by atoms with van der Waals surface area (Å²) in [4.78, 5) is 2.62. The van der Waals surface area contributed by atoms with Crippen molar-refractivity contribution in [3.05, 3.63) is 145 Å². The van der Waals surface area contributed by atoms with E-state index in [1.54, 1.807) is 0 Å². The summed E-state index contributed by atoms with van der Waals surface area (Å²) in [6, 6.07) is 51.8. The lowest BCUT2D eigenvalue weighted by atomic mass is 9.55. The van der Waals surface area contributed by atoms with Gasteiger partial charge in [-0.2, -0.15) is 0 Å². The Morgan fingerprint density at radius 2 is 1.09 bits per heavy atom. The third-order valence-corrected chi connectivity index (χ3v) is 10.9. The SMILES string of the molecule is CC12CCC1(C)N(c1ccccc1)c1ccc(-c3c4ccccc4c(-c4cccc5ccccc45)c4ccccc34)cc12. The molecule has 0 aromatic heterocycles. The van der Waals surface area contributed by atoms with Crippen LogP contribution in [0.3, 0.4) is 0 Å². The molecule has 43 heavy (non-hydrogen) atoms. The van der Waals surface area contributed by atoms with Crippen molar-refractivity contribution in [1.29, 1.82) is 0 Å². The first-order valence-corrected chi connectivity index (χ1v) is 15.5. The smallest absolute Gasteiger partial charge is 0.0518 e. The molecule has 0 radical (unpaired) electrons. The van der Waals surface area contributed by atoms with Crippen LogP contribution in [0, 0.1) is 0 Å². The monoisotopic (exact) mass is 551 g/mol. The largest absolute Gasteiger partial charge is 0.334 e. The van der Waals surface area contributed by atoms with E-state index in [4.69, 9.17) is 0 Å². The molecular formula is C42H33N. The number of hydrogen-bond donors (Lipinski definition) is 0. The topological polar surface area (TPSA) is 3.24 Å². The van der Waals surface area contributed by atoms with E-state index in [2.05, 4.69) is 158 Å². The Morgan fingerprint density at radius 3 is 1.74 bits per heavy atom. The van der Waals surface area contributed by atoms with Gasteiger partial charge in [-0.15, -0.1) is 0 Å². The third kappa shape index (κ3) is 3.23. The second-order valence-corrected chi connectivity index (χ2v) is 12.9. The van der Waals surface area contributed by atoms with Crippen LogP contribution in [0.1, 0.15) is 32.3 Å². The molecule has 1 nitrogen and oxygen atoms in total. The fraction of sp³-hybridized carbons (Fsp3) is 0.143. The number of anilines is 2. The van der Waals surface area contributed by atoms with Crippen molar-refractivity contribution in [3.8, 4) is 22.3 Å². The molecular weight excluding hydrogens is 518 g/mol. The average Bonchev–Trinajstić information content (AvgIpc) is 3.19. The minimum atomic E-state index is 0.0810. The molecule has 1 saturated carbocycles. The highest BCUT2D eigenvalue weighted by atomic mass is 15.3. The fourth-order valence-electron chi connectivity index (χ4n) is 8.41. The molecule has 0 spiro atoms. The summed E-state index contributed by atoms with van der Waals surface area (Å²) >= 11 is 0. The second kappa shape index (κ2) is 8.82. The van der Waals surface area contributed by atoms with Gasteiger partial charge in [0.05, 0.1) is 5.54 Å². The minimum Gasteiger partial charge on any atom is -0.334 e. The van der Waals surface area contributed by atoms with Crippen LogP contribution in [0.25, 0.3) is 54.6 Å². The maximum absolute atomic E-state index is 2.62. The predicted molar refractivity (Wildman–Crippen MR) is 183 cm³/mol. The number of benzene rings is 7. The van der Waals surface area contributed by atoms with Gasteiger partial charge in [-0.25, -0.2) is 0 Å².